The molecule has 1 aliphatic carbocycles. The molecule has 1 aliphatic heterocycles. The minimum atomic E-state index is -0.296. The number of ether oxygens (including phenoxy) is 1. The smallest absolute Gasteiger partial charge is 0.410 e. The Morgan fingerprint density at radius 1 is 0.964 bits per heavy atom. The van der Waals surface area contributed by atoms with E-state index in [-0.39, 0.29) is 17.8 Å². The Morgan fingerprint density at radius 3 is 2.36 bits per heavy atom. The molecule has 1 amide bonds. The zero-order chi connectivity index (χ0) is 19.1. The van der Waals surface area contributed by atoms with Crippen molar-refractivity contribution in [1.82, 2.24) is 4.90 Å². The first-order valence-corrected chi connectivity index (χ1v) is 9.61. The number of amides is 1. The van der Waals surface area contributed by atoms with Crippen LogP contribution in [0.5, 0.6) is 5.75 Å². The van der Waals surface area contributed by atoms with Gasteiger partial charge in [-0.2, -0.15) is 0 Å². The molecule has 3 aromatic rings. The highest BCUT2D eigenvalue weighted by Gasteiger charge is 2.30. The van der Waals surface area contributed by atoms with Crippen molar-refractivity contribution in [3.63, 3.8) is 0 Å². The molecule has 0 saturated carbocycles. The van der Waals surface area contributed by atoms with Crippen molar-refractivity contribution >= 4 is 6.09 Å². The molecule has 0 aromatic heterocycles. The lowest BCUT2D eigenvalue weighted by molar-refractivity contribution is 0.0953. The molecule has 1 heterocycles. The summed E-state index contributed by atoms with van der Waals surface area (Å²) < 4.78 is 5.75. The number of phenolic OH excluding ortho intramolecular Hbond substituents is 1. The van der Waals surface area contributed by atoms with Crippen molar-refractivity contribution in [2.24, 2.45) is 0 Å². The maximum absolute atomic E-state index is 12.7. The van der Waals surface area contributed by atoms with Crippen LogP contribution in [0.3, 0.4) is 0 Å². The van der Waals surface area contributed by atoms with Crippen LogP contribution in [0.2, 0.25) is 0 Å². The minimum absolute atomic E-state index is 0.0671. The lowest BCUT2D eigenvalue weighted by atomic mass is 9.98. The van der Waals surface area contributed by atoms with E-state index < -0.39 is 0 Å². The monoisotopic (exact) mass is 371 g/mol. The van der Waals surface area contributed by atoms with Gasteiger partial charge in [-0.25, -0.2) is 4.79 Å². The van der Waals surface area contributed by atoms with Gasteiger partial charge in [0.05, 0.1) is 0 Å². The number of fused-ring (bicyclic) bond motifs is 4. The summed E-state index contributed by atoms with van der Waals surface area (Å²) in [5, 5.41) is 9.71. The Morgan fingerprint density at radius 2 is 1.64 bits per heavy atom. The van der Waals surface area contributed by atoms with Crippen LogP contribution in [0.1, 0.15) is 28.2 Å². The van der Waals surface area contributed by atoms with Crippen LogP contribution in [0.25, 0.3) is 11.1 Å². The predicted molar refractivity (Wildman–Crippen MR) is 107 cm³/mol. The van der Waals surface area contributed by atoms with E-state index >= 15 is 0 Å². The molecule has 5 rings (SSSR count). The molecule has 0 spiro atoms. The van der Waals surface area contributed by atoms with Crippen molar-refractivity contribution in [2.45, 2.75) is 18.9 Å². The number of hydrogen-bond donors (Lipinski definition) is 1. The highest BCUT2D eigenvalue weighted by atomic mass is 16.6. The van der Waals surface area contributed by atoms with Crippen LogP contribution < -0.4 is 0 Å². The Bertz CT molecular complexity index is 1010. The Hall–Kier alpha value is -3.27. The number of carbonyl (C=O) groups is 1. The molecule has 2 aliphatic rings. The zero-order valence-electron chi connectivity index (χ0n) is 15.5. The summed E-state index contributed by atoms with van der Waals surface area (Å²) in [7, 11) is 0. The van der Waals surface area contributed by atoms with Crippen molar-refractivity contribution in [3.05, 3.63) is 89.0 Å². The minimum Gasteiger partial charge on any atom is -0.508 e. The van der Waals surface area contributed by atoms with Gasteiger partial charge in [0, 0.05) is 19.0 Å². The summed E-state index contributed by atoms with van der Waals surface area (Å²) >= 11 is 0. The van der Waals surface area contributed by atoms with Gasteiger partial charge in [-0.05, 0) is 51.9 Å². The van der Waals surface area contributed by atoms with Gasteiger partial charge in [0.15, 0.2) is 0 Å². The summed E-state index contributed by atoms with van der Waals surface area (Å²) in [6, 6.07) is 22.0. The van der Waals surface area contributed by atoms with Gasteiger partial charge in [-0.3, -0.25) is 0 Å². The topological polar surface area (TPSA) is 49.8 Å². The fourth-order valence-electron chi connectivity index (χ4n) is 4.38. The first kappa shape index (κ1) is 16.9. The van der Waals surface area contributed by atoms with Crippen LogP contribution in [0.4, 0.5) is 4.79 Å². The largest absolute Gasteiger partial charge is 0.508 e. The lowest BCUT2D eigenvalue weighted by Crippen LogP contribution is -2.36. The molecule has 4 heteroatoms. The van der Waals surface area contributed by atoms with Gasteiger partial charge in [-0.15, -0.1) is 0 Å². The molecule has 0 saturated heterocycles. The van der Waals surface area contributed by atoms with Gasteiger partial charge in [-0.1, -0.05) is 54.6 Å². The molecule has 28 heavy (non-hydrogen) atoms. The van der Waals surface area contributed by atoms with Gasteiger partial charge in [0.1, 0.15) is 12.4 Å². The van der Waals surface area contributed by atoms with Crippen LogP contribution in [0.15, 0.2) is 66.7 Å². The Kier molecular flexibility index (Phi) is 4.05. The molecular formula is C24H21NO3. The van der Waals surface area contributed by atoms with E-state index in [4.69, 9.17) is 4.74 Å². The predicted octanol–water partition coefficient (Wildman–Crippen LogP) is 4.70. The third kappa shape index (κ3) is 2.82. The average molecular weight is 371 g/mol. The summed E-state index contributed by atoms with van der Waals surface area (Å²) in [4.78, 5) is 14.4. The first-order chi connectivity index (χ1) is 13.7. The summed E-state index contributed by atoms with van der Waals surface area (Å²) in [5.41, 5.74) is 7.04. The van der Waals surface area contributed by atoms with Crippen LogP contribution in [0, 0.1) is 0 Å². The maximum atomic E-state index is 12.7. The fourth-order valence-corrected chi connectivity index (χ4v) is 4.38. The van der Waals surface area contributed by atoms with E-state index in [1.807, 2.05) is 30.3 Å². The number of phenols is 1. The zero-order valence-corrected chi connectivity index (χ0v) is 15.5. The van der Waals surface area contributed by atoms with Gasteiger partial charge in [0.25, 0.3) is 0 Å². The van der Waals surface area contributed by atoms with Crippen LogP contribution >= 0.6 is 0 Å². The first-order valence-electron chi connectivity index (χ1n) is 9.61. The van der Waals surface area contributed by atoms with E-state index in [2.05, 4.69) is 24.3 Å². The van der Waals surface area contributed by atoms with Crippen LogP contribution in [-0.2, 0) is 17.7 Å². The summed E-state index contributed by atoms with van der Waals surface area (Å²) in [5.74, 6) is 0.297. The van der Waals surface area contributed by atoms with Gasteiger partial charge in [0.2, 0.25) is 0 Å². The highest BCUT2D eigenvalue weighted by molar-refractivity contribution is 5.79. The molecule has 0 atom stereocenters. The third-order valence-electron chi connectivity index (χ3n) is 5.80. The number of benzene rings is 3. The number of hydrogen-bond acceptors (Lipinski definition) is 3. The molecular weight excluding hydrogens is 350 g/mol. The second kappa shape index (κ2) is 6.71. The lowest BCUT2D eigenvalue weighted by Gasteiger charge is -2.28. The highest BCUT2D eigenvalue weighted by Crippen LogP contribution is 2.44. The third-order valence-corrected chi connectivity index (χ3v) is 5.80. The second-order valence-corrected chi connectivity index (χ2v) is 7.43. The standard InChI is InChI=1S/C24H21NO3/c26-18-10-9-16-11-12-25(14-17(16)13-18)24(27)28-15-23-21-7-3-1-5-19(21)20-6-2-4-8-22(20)23/h1-10,13,23,26H,11-12,14-15H2. The molecule has 4 nitrogen and oxygen atoms in total. The quantitative estimate of drug-likeness (QED) is 0.710. The summed E-state index contributed by atoms with van der Waals surface area (Å²) in [6.07, 6.45) is 0.482. The summed E-state index contributed by atoms with van der Waals surface area (Å²) in [6.45, 7) is 1.44. The van der Waals surface area contributed by atoms with Crippen molar-refractivity contribution in [1.29, 1.82) is 0 Å². The Balaban J connectivity index is 1.32. The van der Waals surface area contributed by atoms with E-state index in [0.717, 1.165) is 12.0 Å². The Labute approximate surface area is 164 Å². The van der Waals surface area contributed by atoms with Crippen molar-refractivity contribution < 1.29 is 14.6 Å². The molecule has 0 bridgehead atoms. The fraction of sp³-hybridized carbons (Fsp3) is 0.208. The molecule has 0 unspecified atom stereocenters. The van der Waals surface area contributed by atoms with Gasteiger partial charge < -0.3 is 14.7 Å². The second-order valence-electron chi connectivity index (χ2n) is 7.43. The number of aromatic hydroxyl groups is 1. The SMILES string of the molecule is O=C(OCC1c2ccccc2-c2ccccc21)N1CCc2ccc(O)cc2C1. The number of nitrogens with zero attached hydrogens (tertiary/aromatic N) is 1. The molecule has 1 N–H and O–H groups in total. The van der Waals surface area contributed by atoms with E-state index in [9.17, 15) is 9.90 Å². The average Bonchev–Trinajstić information content (AvgIpc) is 3.05. The van der Waals surface area contributed by atoms with E-state index in [0.29, 0.717) is 19.7 Å². The normalized spacial score (nSPS) is 14.9. The van der Waals surface area contributed by atoms with E-state index in [1.54, 1.807) is 17.0 Å². The maximum Gasteiger partial charge on any atom is 0.410 e. The van der Waals surface area contributed by atoms with E-state index in [1.165, 1.54) is 27.8 Å². The molecule has 0 fully saturated rings. The van der Waals surface area contributed by atoms with Gasteiger partial charge >= 0.3 is 6.09 Å². The number of rotatable bonds is 2. The molecule has 0 radical (unpaired) electrons. The number of carbonyl (C=O) groups excluding carboxylic acids is 1. The van der Waals surface area contributed by atoms with Crippen molar-refractivity contribution in [3.8, 4) is 16.9 Å². The van der Waals surface area contributed by atoms with Crippen molar-refractivity contribution in [2.75, 3.05) is 13.2 Å². The molecule has 140 valence electrons. The molecule has 3 aromatic carbocycles. The van der Waals surface area contributed by atoms with Crippen LogP contribution in [-0.4, -0.2) is 29.3 Å².